The number of rotatable bonds is 7. The van der Waals surface area contributed by atoms with Gasteiger partial charge >= 0.3 is 0 Å². The second-order valence-corrected chi connectivity index (χ2v) is 7.69. The molecule has 1 nitrogen and oxygen atoms in total. The van der Waals surface area contributed by atoms with E-state index in [1.54, 1.807) is 6.92 Å². The van der Waals surface area contributed by atoms with Gasteiger partial charge < -0.3 is 0 Å². The Kier molecular flexibility index (Phi) is 6.44. The second kappa shape index (κ2) is 8.98. The number of benzene rings is 2. The molecule has 26 heavy (non-hydrogen) atoms. The maximum atomic E-state index is 11.4. The van der Waals surface area contributed by atoms with E-state index in [-0.39, 0.29) is 5.78 Å². The van der Waals surface area contributed by atoms with E-state index in [9.17, 15) is 4.79 Å². The summed E-state index contributed by atoms with van der Waals surface area (Å²) < 4.78 is 0. The summed E-state index contributed by atoms with van der Waals surface area (Å²) in [5, 5.41) is 0. The van der Waals surface area contributed by atoms with Gasteiger partial charge in [0.05, 0.1) is 0 Å². The summed E-state index contributed by atoms with van der Waals surface area (Å²) in [7, 11) is 0. The first-order valence-electron chi connectivity index (χ1n) is 9.99. The van der Waals surface area contributed by atoms with Crippen LogP contribution in [0.15, 0.2) is 61.2 Å². The molecule has 0 radical (unpaired) electrons. The van der Waals surface area contributed by atoms with Gasteiger partial charge in [-0.2, -0.15) is 0 Å². The van der Waals surface area contributed by atoms with Gasteiger partial charge in [0.2, 0.25) is 0 Å². The van der Waals surface area contributed by atoms with Gasteiger partial charge in [0.1, 0.15) is 0 Å². The number of carbonyl (C=O) groups excluding carboxylic acids is 1. The largest absolute Gasteiger partial charge is 0.295 e. The molecule has 0 spiro atoms. The molecule has 0 heterocycles. The van der Waals surface area contributed by atoms with E-state index in [4.69, 9.17) is 0 Å². The highest BCUT2D eigenvalue weighted by Crippen LogP contribution is 2.38. The maximum absolute atomic E-state index is 11.4. The standard InChI is InChI=1S/C25H30O/c1-3-4-5-6-20-7-9-22(10-8-20)24-15-17-25(18-16-24)23-13-11-21(12-14-23)19(2)26/h3,11-18,20,22H,1,4-10H2,2H3/t20-,22-. The van der Waals surface area contributed by atoms with Crippen molar-refractivity contribution in [2.24, 2.45) is 5.92 Å². The number of unbranched alkanes of at least 4 members (excludes halogenated alkanes) is 1. The van der Waals surface area contributed by atoms with Crippen molar-refractivity contribution in [3.8, 4) is 11.1 Å². The summed E-state index contributed by atoms with van der Waals surface area (Å²) in [6.07, 6.45) is 11.3. The summed E-state index contributed by atoms with van der Waals surface area (Å²) in [6, 6.07) is 17.0. The average molecular weight is 347 g/mol. The van der Waals surface area contributed by atoms with Crippen LogP contribution in [0.3, 0.4) is 0 Å². The van der Waals surface area contributed by atoms with Crippen LogP contribution >= 0.6 is 0 Å². The van der Waals surface area contributed by atoms with Gasteiger partial charge in [0, 0.05) is 5.56 Å². The lowest BCUT2D eigenvalue weighted by atomic mass is 9.77. The Balaban J connectivity index is 1.58. The van der Waals surface area contributed by atoms with Crippen LogP contribution in [0.2, 0.25) is 0 Å². The van der Waals surface area contributed by atoms with Gasteiger partial charge in [-0.05, 0) is 74.0 Å². The summed E-state index contributed by atoms with van der Waals surface area (Å²) in [4.78, 5) is 11.4. The fourth-order valence-electron chi connectivity index (χ4n) is 4.18. The Labute approximate surface area is 158 Å². The molecule has 1 aliphatic carbocycles. The van der Waals surface area contributed by atoms with Crippen LogP contribution in [0.4, 0.5) is 0 Å². The van der Waals surface area contributed by atoms with E-state index in [0.717, 1.165) is 23.8 Å². The van der Waals surface area contributed by atoms with Crippen molar-refractivity contribution >= 4 is 5.78 Å². The molecule has 0 amide bonds. The summed E-state index contributed by atoms with van der Waals surface area (Å²) in [5.74, 6) is 1.76. The third-order valence-corrected chi connectivity index (χ3v) is 5.87. The molecule has 0 bridgehead atoms. The Morgan fingerprint density at radius 3 is 2.08 bits per heavy atom. The quantitative estimate of drug-likeness (QED) is 0.294. The second-order valence-electron chi connectivity index (χ2n) is 7.69. The molecule has 2 aromatic carbocycles. The predicted molar refractivity (Wildman–Crippen MR) is 111 cm³/mol. The molecule has 1 fully saturated rings. The molecular formula is C25H30O. The minimum Gasteiger partial charge on any atom is -0.295 e. The van der Waals surface area contributed by atoms with E-state index in [1.807, 2.05) is 30.3 Å². The van der Waals surface area contributed by atoms with Crippen LogP contribution in [-0.2, 0) is 0 Å². The van der Waals surface area contributed by atoms with Gasteiger partial charge in [-0.1, -0.05) is 61.0 Å². The fourth-order valence-corrected chi connectivity index (χ4v) is 4.18. The monoisotopic (exact) mass is 346 g/mol. The average Bonchev–Trinajstić information content (AvgIpc) is 2.69. The van der Waals surface area contributed by atoms with Crippen molar-refractivity contribution in [3.05, 3.63) is 72.3 Å². The zero-order chi connectivity index (χ0) is 18.4. The summed E-state index contributed by atoms with van der Waals surface area (Å²) in [6.45, 7) is 5.43. The Morgan fingerprint density at radius 1 is 0.962 bits per heavy atom. The predicted octanol–water partition coefficient (Wildman–Crippen LogP) is 7.19. The maximum Gasteiger partial charge on any atom is 0.159 e. The van der Waals surface area contributed by atoms with E-state index < -0.39 is 0 Å². The van der Waals surface area contributed by atoms with E-state index in [2.05, 4.69) is 30.8 Å². The van der Waals surface area contributed by atoms with Crippen molar-refractivity contribution in [2.45, 2.75) is 57.8 Å². The van der Waals surface area contributed by atoms with Crippen molar-refractivity contribution in [1.82, 2.24) is 0 Å². The topological polar surface area (TPSA) is 17.1 Å². The molecule has 1 saturated carbocycles. The molecule has 136 valence electrons. The number of hydrogen-bond acceptors (Lipinski definition) is 1. The zero-order valence-corrected chi connectivity index (χ0v) is 15.9. The molecular weight excluding hydrogens is 316 g/mol. The highest BCUT2D eigenvalue weighted by molar-refractivity contribution is 5.94. The molecule has 0 aromatic heterocycles. The van der Waals surface area contributed by atoms with Crippen molar-refractivity contribution < 1.29 is 4.79 Å². The highest BCUT2D eigenvalue weighted by Gasteiger charge is 2.21. The summed E-state index contributed by atoms with van der Waals surface area (Å²) >= 11 is 0. The van der Waals surface area contributed by atoms with Crippen LogP contribution in [0, 0.1) is 5.92 Å². The number of carbonyl (C=O) groups is 1. The number of ketones is 1. The van der Waals surface area contributed by atoms with E-state index in [1.165, 1.54) is 55.2 Å². The van der Waals surface area contributed by atoms with Gasteiger partial charge in [-0.3, -0.25) is 4.79 Å². The third kappa shape index (κ3) is 4.72. The zero-order valence-electron chi connectivity index (χ0n) is 15.9. The lowest BCUT2D eigenvalue weighted by Gasteiger charge is -2.29. The minimum atomic E-state index is 0.118. The van der Waals surface area contributed by atoms with Crippen LogP contribution in [0.1, 0.15) is 73.7 Å². The SMILES string of the molecule is C=CCCC[C@H]1CC[C@H](c2ccc(-c3ccc(C(C)=O)cc3)cc2)CC1. The lowest BCUT2D eigenvalue weighted by Crippen LogP contribution is -2.13. The highest BCUT2D eigenvalue weighted by atomic mass is 16.1. The van der Waals surface area contributed by atoms with Crippen molar-refractivity contribution in [3.63, 3.8) is 0 Å². The van der Waals surface area contributed by atoms with Gasteiger partial charge in [0.25, 0.3) is 0 Å². The summed E-state index contributed by atoms with van der Waals surface area (Å²) in [5.41, 5.74) is 4.66. The van der Waals surface area contributed by atoms with Crippen LogP contribution in [0.25, 0.3) is 11.1 Å². The third-order valence-electron chi connectivity index (χ3n) is 5.87. The lowest BCUT2D eigenvalue weighted by molar-refractivity contribution is 0.101. The Hall–Kier alpha value is -2.15. The molecule has 0 N–H and O–H groups in total. The number of hydrogen-bond donors (Lipinski definition) is 0. The fraction of sp³-hybridized carbons (Fsp3) is 0.400. The molecule has 3 rings (SSSR count). The molecule has 0 atom stereocenters. The van der Waals surface area contributed by atoms with E-state index in [0.29, 0.717) is 0 Å². The van der Waals surface area contributed by atoms with Crippen molar-refractivity contribution in [2.75, 3.05) is 0 Å². The Morgan fingerprint density at radius 2 is 1.54 bits per heavy atom. The minimum absolute atomic E-state index is 0.118. The van der Waals surface area contributed by atoms with Gasteiger partial charge in [-0.25, -0.2) is 0 Å². The van der Waals surface area contributed by atoms with Crippen molar-refractivity contribution in [1.29, 1.82) is 0 Å². The first-order chi connectivity index (χ1) is 12.7. The van der Waals surface area contributed by atoms with Crippen LogP contribution in [0.5, 0.6) is 0 Å². The molecule has 1 aliphatic rings. The Bertz CT molecular complexity index is 716. The van der Waals surface area contributed by atoms with Crippen LogP contribution in [-0.4, -0.2) is 5.78 Å². The first kappa shape index (κ1) is 18.6. The normalized spacial score (nSPS) is 19.9. The van der Waals surface area contributed by atoms with Gasteiger partial charge in [0.15, 0.2) is 5.78 Å². The molecule has 1 heteroatoms. The molecule has 2 aromatic rings. The first-order valence-corrected chi connectivity index (χ1v) is 9.99. The smallest absolute Gasteiger partial charge is 0.159 e. The number of allylic oxidation sites excluding steroid dienone is 1. The van der Waals surface area contributed by atoms with Gasteiger partial charge in [-0.15, -0.1) is 6.58 Å². The molecule has 0 saturated heterocycles. The number of Topliss-reactive ketones (excluding diaryl/α,β-unsaturated/α-hetero) is 1. The molecule has 0 unspecified atom stereocenters. The van der Waals surface area contributed by atoms with Crippen LogP contribution < -0.4 is 0 Å². The van der Waals surface area contributed by atoms with E-state index >= 15 is 0 Å². The molecule has 0 aliphatic heterocycles.